The summed E-state index contributed by atoms with van der Waals surface area (Å²) >= 11 is 7.15. The molecular formula is C16H16ClN5O2S. The molecule has 0 aromatic carbocycles. The van der Waals surface area contributed by atoms with Gasteiger partial charge in [-0.25, -0.2) is 4.98 Å². The van der Waals surface area contributed by atoms with Crippen molar-refractivity contribution in [3.05, 3.63) is 57.3 Å². The fraction of sp³-hybridized carbons (Fsp3) is 0.188. The van der Waals surface area contributed by atoms with Crippen LogP contribution in [0, 0.1) is 0 Å². The van der Waals surface area contributed by atoms with E-state index in [0.29, 0.717) is 32.8 Å². The summed E-state index contributed by atoms with van der Waals surface area (Å²) in [7, 11) is 0. The minimum absolute atomic E-state index is 0.135. The van der Waals surface area contributed by atoms with Gasteiger partial charge in [0.1, 0.15) is 10.7 Å². The zero-order chi connectivity index (χ0) is 17.8. The van der Waals surface area contributed by atoms with Crippen LogP contribution in [-0.2, 0) is 6.61 Å². The predicted molar refractivity (Wildman–Crippen MR) is 96.3 cm³/mol. The predicted octanol–water partition coefficient (Wildman–Crippen LogP) is 2.11. The first-order valence-corrected chi connectivity index (χ1v) is 8.73. The Balaban J connectivity index is 1.73. The second-order valence-electron chi connectivity index (χ2n) is 5.23. The van der Waals surface area contributed by atoms with E-state index in [4.69, 9.17) is 22.4 Å². The van der Waals surface area contributed by atoms with E-state index in [1.807, 2.05) is 0 Å². The Hall–Kier alpha value is -2.26. The van der Waals surface area contributed by atoms with Crippen molar-refractivity contribution in [3.8, 4) is 11.4 Å². The number of aliphatic hydroxyl groups is 1. The molecule has 0 spiro atoms. The van der Waals surface area contributed by atoms with Gasteiger partial charge in [0.05, 0.1) is 34.8 Å². The largest absolute Gasteiger partial charge is 0.389 e. The number of aliphatic hydroxyl groups excluding tert-OH is 1. The number of H-pyrrole nitrogens is 1. The van der Waals surface area contributed by atoms with Gasteiger partial charge in [0, 0.05) is 18.1 Å². The maximum atomic E-state index is 12.4. The lowest BCUT2D eigenvalue weighted by Gasteiger charge is -2.14. The highest BCUT2D eigenvalue weighted by Gasteiger charge is 2.18. The van der Waals surface area contributed by atoms with Gasteiger partial charge in [0.25, 0.3) is 5.91 Å². The fourth-order valence-corrected chi connectivity index (χ4v) is 3.08. The van der Waals surface area contributed by atoms with Crippen molar-refractivity contribution in [1.82, 2.24) is 20.3 Å². The zero-order valence-electron chi connectivity index (χ0n) is 13.1. The number of halogens is 1. The van der Waals surface area contributed by atoms with Gasteiger partial charge < -0.3 is 21.1 Å². The van der Waals surface area contributed by atoms with Crippen LogP contribution in [0.25, 0.3) is 11.4 Å². The number of carbonyl (C=O) groups excluding carboxylic acids is 1. The van der Waals surface area contributed by atoms with E-state index in [1.165, 1.54) is 11.3 Å². The molecule has 3 aromatic rings. The van der Waals surface area contributed by atoms with Crippen LogP contribution < -0.4 is 11.1 Å². The van der Waals surface area contributed by atoms with E-state index in [2.05, 4.69) is 20.3 Å². The van der Waals surface area contributed by atoms with Gasteiger partial charge in [-0.3, -0.25) is 9.78 Å². The summed E-state index contributed by atoms with van der Waals surface area (Å²) in [5, 5.41) is 14.8. The van der Waals surface area contributed by atoms with Gasteiger partial charge in [-0.1, -0.05) is 11.6 Å². The standard InChI is InChI=1S/C16H16ClN5O2S/c17-9-1-2-10(19-6-9)11-3-4-12(20-11)16(24)22-13(5-18)14-8-25-15(7-23)21-14/h1-4,6,8,13,20,23H,5,7,18H2,(H,22,24)/t13-/m0/s1. The molecule has 0 aliphatic carbocycles. The molecule has 5 N–H and O–H groups in total. The molecule has 3 aromatic heterocycles. The number of rotatable bonds is 6. The van der Waals surface area contributed by atoms with Crippen LogP contribution in [0.3, 0.4) is 0 Å². The first-order chi connectivity index (χ1) is 12.1. The average Bonchev–Trinajstić information content (AvgIpc) is 3.29. The van der Waals surface area contributed by atoms with Crippen molar-refractivity contribution in [2.45, 2.75) is 12.6 Å². The average molecular weight is 378 g/mol. The molecule has 0 aliphatic heterocycles. The molecule has 130 valence electrons. The number of pyridine rings is 1. The molecule has 0 saturated carbocycles. The van der Waals surface area contributed by atoms with Crippen LogP contribution >= 0.6 is 22.9 Å². The zero-order valence-corrected chi connectivity index (χ0v) is 14.6. The van der Waals surface area contributed by atoms with Crippen LogP contribution in [0.4, 0.5) is 0 Å². The summed E-state index contributed by atoms with van der Waals surface area (Å²) in [6, 6.07) is 6.52. The SMILES string of the molecule is NC[C@H](NC(=O)c1ccc(-c2ccc(Cl)cn2)[nH]1)c1csc(CO)n1. The third-order valence-electron chi connectivity index (χ3n) is 3.54. The van der Waals surface area contributed by atoms with Gasteiger partial charge >= 0.3 is 0 Å². The Morgan fingerprint density at radius 3 is 2.88 bits per heavy atom. The Bertz CT molecular complexity index is 862. The maximum Gasteiger partial charge on any atom is 0.268 e. The molecule has 3 heterocycles. The van der Waals surface area contributed by atoms with Gasteiger partial charge in [-0.15, -0.1) is 11.3 Å². The van der Waals surface area contributed by atoms with Gasteiger partial charge in [-0.2, -0.15) is 0 Å². The number of nitrogens with one attached hydrogen (secondary N) is 2. The van der Waals surface area contributed by atoms with Crippen LogP contribution in [0.1, 0.15) is 27.2 Å². The Labute approximate surface area is 152 Å². The van der Waals surface area contributed by atoms with Crippen LogP contribution in [0.2, 0.25) is 5.02 Å². The molecule has 9 heteroatoms. The van der Waals surface area contributed by atoms with E-state index in [0.717, 1.165) is 0 Å². The summed E-state index contributed by atoms with van der Waals surface area (Å²) in [6.07, 6.45) is 1.54. The Morgan fingerprint density at radius 2 is 2.24 bits per heavy atom. The second kappa shape index (κ2) is 7.75. The van der Waals surface area contributed by atoms with Crippen LogP contribution in [0.15, 0.2) is 35.8 Å². The molecule has 7 nitrogen and oxygen atoms in total. The van der Waals surface area contributed by atoms with E-state index < -0.39 is 6.04 Å². The van der Waals surface area contributed by atoms with Crippen molar-refractivity contribution >= 4 is 28.8 Å². The van der Waals surface area contributed by atoms with Crippen molar-refractivity contribution in [2.24, 2.45) is 5.73 Å². The lowest BCUT2D eigenvalue weighted by molar-refractivity contribution is 0.0932. The number of aromatic nitrogens is 3. The lowest BCUT2D eigenvalue weighted by atomic mass is 10.2. The van der Waals surface area contributed by atoms with E-state index >= 15 is 0 Å². The van der Waals surface area contributed by atoms with Crippen LogP contribution in [0.5, 0.6) is 0 Å². The van der Waals surface area contributed by atoms with E-state index in [9.17, 15) is 4.79 Å². The molecule has 0 radical (unpaired) electrons. The topological polar surface area (TPSA) is 117 Å². The molecule has 1 atom stereocenters. The Morgan fingerprint density at radius 1 is 1.40 bits per heavy atom. The highest BCUT2D eigenvalue weighted by Crippen LogP contribution is 2.20. The number of nitrogens with zero attached hydrogens (tertiary/aromatic N) is 2. The van der Waals surface area contributed by atoms with Crippen LogP contribution in [-0.4, -0.2) is 32.5 Å². The quantitative estimate of drug-likeness (QED) is 0.525. The summed E-state index contributed by atoms with van der Waals surface area (Å²) < 4.78 is 0. The van der Waals surface area contributed by atoms with Gasteiger partial charge in [0.15, 0.2) is 0 Å². The highest BCUT2D eigenvalue weighted by molar-refractivity contribution is 7.09. The smallest absolute Gasteiger partial charge is 0.268 e. The minimum Gasteiger partial charge on any atom is -0.389 e. The third-order valence-corrected chi connectivity index (χ3v) is 4.61. The first-order valence-electron chi connectivity index (χ1n) is 7.47. The summed E-state index contributed by atoms with van der Waals surface area (Å²) in [5.74, 6) is -0.297. The number of thiazole rings is 1. The lowest BCUT2D eigenvalue weighted by Crippen LogP contribution is -2.33. The molecule has 0 fully saturated rings. The number of amides is 1. The summed E-state index contributed by atoms with van der Waals surface area (Å²) in [6.45, 7) is 0.0661. The monoisotopic (exact) mass is 377 g/mol. The fourth-order valence-electron chi connectivity index (χ4n) is 2.26. The molecule has 0 aliphatic rings. The van der Waals surface area contributed by atoms with Crippen molar-refractivity contribution in [3.63, 3.8) is 0 Å². The van der Waals surface area contributed by atoms with E-state index in [1.54, 1.807) is 35.8 Å². The first kappa shape index (κ1) is 17.6. The van der Waals surface area contributed by atoms with E-state index in [-0.39, 0.29) is 19.1 Å². The maximum absolute atomic E-state index is 12.4. The third kappa shape index (κ3) is 4.05. The normalized spacial score (nSPS) is 12.1. The number of hydrogen-bond donors (Lipinski definition) is 4. The number of carbonyl (C=O) groups is 1. The van der Waals surface area contributed by atoms with Gasteiger partial charge in [0.2, 0.25) is 0 Å². The number of nitrogens with two attached hydrogens (primary N) is 1. The summed E-state index contributed by atoms with van der Waals surface area (Å²) in [4.78, 5) is 23.9. The molecular weight excluding hydrogens is 362 g/mol. The highest BCUT2D eigenvalue weighted by atomic mass is 35.5. The number of hydrogen-bond acceptors (Lipinski definition) is 6. The molecule has 25 heavy (non-hydrogen) atoms. The molecule has 0 saturated heterocycles. The number of aromatic amines is 1. The molecule has 0 bridgehead atoms. The van der Waals surface area contributed by atoms with Crippen molar-refractivity contribution in [1.29, 1.82) is 0 Å². The molecule has 0 unspecified atom stereocenters. The van der Waals surface area contributed by atoms with Crippen molar-refractivity contribution in [2.75, 3.05) is 6.54 Å². The second-order valence-corrected chi connectivity index (χ2v) is 6.61. The molecule has 3 rings (SSSR count). The van der Waals surface area contributed by atoms with Gasteiger partial charge in [-0.05, 0) is 24.3 Å². The Kier molecular flexibility index (Phi) is 5.44. The molecule has 1 amide bonds. The van der Waals surface area contributed by atoms with Crippen molar-refractivity contribution < 1.29 is 9.90 Å². The minimum atomic E-state index is -0.426. The summed E-state index contributed by atoms with van der Waals surface area (Å²) in [5.41, 5.74) is 8.17.